The van der Waals surface area contributed by atoms with Crippen LogP contribution >= 0.6 is 0 Å². The smallest absolute Gasteiger partial charge is 0.868 e. The molecule has 0 saturated carbocycles. The number of rotatable bonds is 16. The molecule has 0 bridgehead atoms. The van der Waals surface area contributed by atoms with Crippen molar-refractivity contribution < 1.29 is 29.0 Å². The monoisotopic (exact) mass is 1890 g/mol. The van der Waals surface area contributed by atoms with Gasteiger partial charge in [-0.2, -0.15) is 0 Å². The number of hydrogen-bond donors (Lipinski definition) is 0. The van der Waals surface area contributed by atoms with E-state index in [1.165, 1.54) is 203 Å². The molecule has 6 nitrogen and oxygen atoms in total. The van der Waals surface area contributed by atoms with Gasteiger partial charge in [0.2, 0.25) is 5.52 Å². The maximum absolute atomic E-state index is 11.1. The van der Waals surface area contributed by atoms with Gasteiger partial charge >= 0.3 is 18.9 Å². The van der Waals surface area contributed by atoms with Crippen molar-refractivity contribution in [2.24, 2.45) is 0 Å². The molecule has 3 aromatic heterocycles. The Bertz CT molecular complexity index is 8750. The third-order valence-corrected chi connectivity index (χ3v) is 32.7. The largest absolute Gasteiger partial charge is 1.00 e. The molecule has 145 heavy (non-hydrogen) atoms. The maximum Gasteiger partial charge on any atom is 1.00 e. The number of benzene rings is 21. The summed E-state index contributed by atoms with van der Waals surface area (Å²) in [4.78, 5) is 16.2. The molecule has 0 atom stereocenters. The number of nitrogens with one attached hydrogen (secondary N) is 1. The number of anilines is 6. The van der Waals surface area contributed by atoms with Crippen molar-refractivity contribution in [2.45, 2.75) is 58.5 Å². The number of para-hydroxylation sites is 3. The van der Waals surface area contributed by atoms with E-state index in [0.29, 0.717) is 5.52 Å². The summed E-state index contributed by atoms with van der Waals surface area (Å²) in [6.07, 6.45) is 9.13. The molecule has 25 rings (SSSR count). The summed E-state index contributed by atoms with van der Waals surface area (Å²) in [5.74, 6) is 0.0445. The summed E-state index contributed by atoms with van der Waals surface area (Å²) in [6, 6.07) is 173. The summed E-state index contributed by atoms with van der Waals surface area (Å²) in [5.41, 5.74) is 32.6. The van der Waals surface area contributed by atoms with Crippen LogP contribution in [0.5, 0.6) is 5.75 Å². The van der Waals surface area contributed by atoms with Gasteiger partial charge in [-0.15, -0.1) is 0 Å². The van der Waals surface area contributed by atoms with E-state index in [4.69, 9.17) is 0 Å². The summed E-state index contributed by atoms with van der Waals surface area (Å²) in [5, 5.41) is 30.3. The average Bonchev–Trinajstić information content (AvgIpc) is 1.54. The van der Waals surface area contributed by atoms with Gasteiger partial charge in [0.05, 0.1) is 21.8 Å². The molecule has 24 aromatic rings. The topological polar surface area (TPSA) is 69.5 Å². The fraction of sp³-hybridized carbons (Fsp3) is 0.0662. The van der Waals surface area contributed by atoms with Crippen LogP contribution in [0.4, 0.5) is 34.1 Å². The Hall–Kier alpha value is -16.7. The first-order valence-corrected chi connectivity index (χ1v) is 56.7. The standard InChI is InChI=1S/C49H50N2Si2.C42H28N2.C36H24.C9H7NO.Li/c1-49(2)45-33-39(50(35-17-11-9-12-18-35)37-23-28-40(29-24-37)52(3,4)5)27-32-44(45)48-43-22-16-15-21-42(43)47(34-46(48)49)51(36-19-13-10-14-20-36)38-25-30-41(31-26-38)53(6,7)8;1-2-6-29(7-3-1)36-18-19-39-40(28-36)42(35-16-12-31(13-17-35)33-22-26-44-27-23-33)38-9-5-4-8-37(38)41(39)34-14-10-30(11-15-34)32-20-24-43-25-21-32;1-3-13-25(14-4-1)27-23-24-34(29-18-8-7-17-28(27)29)36-32-21-11-9-19-30(32)35(26-15-5-2-6-16-26)31-20-10-12-22-33(31)36;11-8-5-1-3-7-4-2-6-10-9(7)8;/h9-34H,1-8H3;1-28H;1-24H;1-6,11H;/q;;;;+1. The second kappa shape index (κ2) is 40.7. The van der Waals surface area contributed by atoms with Gasteiger partial charge in [0.25, 0.3) is 0 Å². The van der Waals surface area contributed by atoms with E-state index in [-0.39, 0.29) is 30.0 Å². The minimum atomic E-state index is -1.45. The van der Waals surface area contributed by atoms with Crippen LogP contribution in [0.25, 0.3) is 176 Å². The number of aromatic nitrogens is 3. The normalized spacial score (nSPS) is 11.9. The van der Waals surface area contributed by atoms with Gasteiger partial charge in [0.15, 0.2) is 6.20 Å². The van der Waals surface area contributed by atoms with Crippen LogP contribution in [0.3, 0.4) is 0 Å². The van der Waals surface area contributed by atoms with Crippen molar-refractivity contribution in [3.63, 3.8) is 0 Å². The van der Waals surface area contributed by atoms with Gasteiger partial charge < -0.3 is 14.9 Å². The van der Waals surface area contributed by atoms with Crippen LogP contribution < -0.4 is 49.1 Å². The second-order valence-electron chi connectivity index (χ2n) is 39.9. The van der Waals surface area contributed by atoms with E-state index < -0.39 is 16.1 Å². The van der Waals surface area contributed by atoms with Crippen molar-refractivity contribution in [1.29, 1.82) is 0 Å². The Labute approximate surface area is 863 Å². The van der Waals surface area contributed by atoms with E-state index in [1.807, 2.05) is 43.0 Å². The molecule has 1 aliphatic rings. The first-order valence-electron chi connectivity index (χ1n) is 49.7. The van der Waals surface area contributed by atoms with Gasteiger partial charge in [-0.05, 0) is 285 Å². The van der Waals surface area contributed by atoms with Crippen molar-refractivity contribution in [3.05, 3.63) is 521 Å². The molecule has 0 spiro atoms. The number of aromatic amines is 1. The Kier molecular flexibility index (Phi) is 26.6. The van der Waals surface area contributed by atoms with Gasteiger partial charge in [-0.25, -0.2) is 4.98 Å². The van der Waals surface area contributed by atoms with Gasteiger partial charge in [-0.3, -0.25) is 9.97 Å². The van der Waals surface area contributed by atoms with Gasteiger partial charge in [0.1, 0.15) is 0 Å². The molecule has 0 amide bonds. The Morgan fingerprint density at radius 2 is 0.572 bits per heavy atom. The Balaban J connectivity index is 0.000000122. The van der Waals surface area contributed by atoms with E-state index in [9.17, 15) is 5.11 Å². The first-order chi connectivity index (χ1) is 70.4. The van der Waals surface area contributed by atoms with E-state index >= 15 is 0 Å². The molecule has 0 aliphatic heterocycles. The zero-order chi connectivity index (χ0) is 98.0. The number of H-pyrrole nitrogens is 1. The molecule has 9 heteroatoms. The van der Waals surface area contributed by atoms with E-state index in [0.717, 1.165) is 22.3 Å². The minimum absolute atomic E-state index is 0. The van der Waals surface area contributed by atoms with Crippen molar-refractivity contribution in [1.82, 2.24) is 9.97 Å². The fourth-order valence-corrected chi connectivity index (χ4v) is 23.7. The molecular formula is C136H109LiN5OSi2+. The Morgan fingerprint density at radius 1 is 0.234 bits per heavy atom. The van der Waals surface area contributed by atoms with Gasteiger partial charge in [0, 0.05) is 75.5 Å². The molecule has 21 aromatic carbocycles. The van der Waals surface area contributed by atoms with Crippen LogP contribution in [-0.2, 0) is 5.41 Å². The number of pyridine rings is 3. The molecule has 0 unspecified atom stereocenters. The molecular weight excluding hydrogens is 1780 g/mol. The van der Waals surface area contributed by atoms with Crippen LogP contribution in [-0.4, -0.2) is 26.1 Å². The quantitative estimate of drug-likeness (QED) is 0.0712. The molecule has 0 radical (unpaired) electrons. The third-order valence-electron chi connectivity index (χ3n) is 28.6. The van der Waals surface area contributed by atoms with Crippen LogP contribution in [0, 0.1) is 0 Å². The number of nitrogens with zero attached hydrogens (tertiary/aromatic N) is 4. The van der Waals surface area contributed by atoms with Crippen molar-refractivity contribution >= 4 is 136 Å². The predicted molar refractivity (Wildman–Crippen MR) is 616 cm³/mol. The third kappa shape index (κ3) is 18.8. The maximum atomic E-state index is 11.1. The molecule has 692 valence electrons. The van der Waals surface area contributed by atoms with Crippen LogP contribution in [0.1, 0.15) is 25.0 Å². The van der Waals surface area contributed by atoms with Crippen LogP contribution in [0.15, 0.2) is 510 Å². The SMILES string of the molecule is CC1(C)c2cc(N(c3ccccc3)c3ccc([Si](C)(C)C)cc3)ccc2-c2c1cc(N(c1ccccc1)c1ccc([Si](C)(C)C)cc1)c1ccccc21.[Li+].[O-]c1cccc2ccc[nH+]c12.c1ccc(-c2ccc(-c3c4ccccc4c(-c4ccccc4)c4ccccc34)c3ccccc23)cc1.c1ccc(-c2ccc3c(-c4ccc(-c5ccncc5)cc4)c4ccccc4c(-c4ccc(-c5ccncc5)cc4)c3c2)cc1. The number of hydrogen-bond acceptors (Lipinski definition) is 5. The summed E-state index contributed by atoms with van der Waals surface area (Å²) < 4.78 is 0. The Morgan fingerprint density at radius 3 is 1.06 bits per heavy atom. The molecule has 1 N–H and O–H groups in total. The number of fused-ring (bicyclic) bond motifs is 11. The fourth-order valence-electron chi connectivity index (χ4n) is 21.3. The average molecular weight is 1890 g/mol. The van der Waals surface area contributed by atoms with Gasteiger partial charge in [-0.1, -0.05) is 427 Å². The molecule has 0 fully saturated rings. The van der Waals surface area contributed by atoms with E-state index in [1.54, 1.807) is 18.3 Å². The molecule has 1 aliphatic carbocycles. The molecule has 0 saturated heterocycles. The predicted octanol–water partition coefficient (Wildman–Crippen LogP) is 32.2. The minimum Gasteiger partial charge on any atom is -0.868 e. The van der Waals surface area contributed by atoms with Crippen molar-refractivity contribution in [2.75, 3.05) is 9.80 Å². The molecule has 3 heterocycles. The second-order valence-corrected chi connectivity index (χ2v) is 50.0. The zero-order valence-corrected chi connectivity index (χ0v) is 85.2. The van der Waals surface area contributed by atoms with Crippen LogP contribution in [0.2, 0.25) is 39.3 Å². The van der Waals surface area contributed by atoms with Crippen molar-refractivity contribution in [3.8, 4) is 106 Å². The summed E-state index contributed by atoms with van der Waals surface area (Å²) >= 11 is 0. The first kappa shape index (κ1) is 94.6. The zero-order valence-electron chi connectivity index (χ0n) is 83.2. The van der Waals surface area contributed by atoms with E-state index in [2.05, 4.69) is 527 Å². The summed E-state index contributed by atoms with van der Waals surface area (Å²) in [6.45, 7) is 19.3. The summed E-state index contributed by atoms with van der Waals surface area (Å²) in [7, 11) is -2.88.